The Hall–Kier alpha value is -1.44. The van der Waals surface area contributed by atoms with Crippen molar-refractivity contribution in [1.29, 1.82) is 0 Å². The minimum Gasteiger partial charge on any atom is -0.325 e. The first-order valence-electron chi connectivity index (χ1n) is 2.92. The summed E-state index contributed by atoms with van der Waals surface area (Å²) in [6.45, 7) is 0.293. The van der Waals surface area contributed by atoms with Gasteiger partial charge in [0, 0.05) is 12.4 Å². The third-order valence-corrected chi connectivity index (χ3v) is 1.15. The largest absolute Gasteiger partial charge is 0.325 e. The van der Waals surface area contributed by atoms with Crippen molar-refractivity contribution in [2.24, 2.45) is 5.10 Å². The van der Waals surface area contributed by atoms with E-state index in [1.807, 2.05) is 0 Å². The zero-order chi connectivity index (χ0) is 8.97. The normalized spacial score (nSPS) is 11.9. The van der Waals surface area contributed by atoms with E-state index in [4.69, 9.17) is 11.6 Å². The summed E-state index contributed by atoms with van der Waals surface area (Å²) in [7, 11) is 0. The molecular formula is C3H4ClN6O2-. The van der Waals surface area contributed by atoms with Crippen molar-refractivity contribution in [3.63, 3.8) is 0 Å². The highest BCUT2D eigenvalue weighted by Crippen LogP contribution is 1.76. The van der Waals surface area contributed by atoms with Gasteiger partial charge in [-0.2, -0.15) is 0 Å². The molecule has 9 heteroatoms. The van der Waals surface area contributed by atoms with Gasteiger partial charge in [0.2, 0.25) is 0 Å². The fourth-order valence-corrected chi connectivity index (χ4v) is 0.729. The van der Waals surface area contributed by atoms with Crippen molar-refractivity contribution in [1.82, 2.24) is 20.2 Å². The third kappa shape index (κ3) is 2.02. The van der Waals surface area contributed by atoms with Crippen LogP contribution in [0.5, 0.6) is 0 Å². The van der Waals surface area contributed by atoms with Crippen LogP contribution in [-0.4, -0.2) is 26.0 Å². The van der Waals surface area contributed by atoms with E-state index < -0.39 is 5.03 Å². The number of alkyl halides is 1. The minimum atomic E-state index is -0.865. The lowest BCUT2D eigenvalue weighted by Crippen LogP contribution is -2.23. The molecule has 0 radical (unpaired) electrons. The van der Waals surface area contributed by atoms with Gasteiger partial charge in [-0.1, -0.05) is 0 Å². The van der Waals surface area contributed by atoms with Crippen molar-refractivity contribution in [3.8, 4) is 0 Å². The Morgan fingerprint density at radius 3 is 3.17 bits per heavy atom. The molecule has 0 spiro atoms. The molecule has 0 atom stereocenters. The van der Waals surface area contributed by atoms with Crippen molar-refractivity contribution in [2.45, 2.75) is 6.54 Å². The second kappa shape index (κ2) is 3.81. The van der Waals surface area contributed by atoms with E-state index in [0.29, 0.717) is 6.54 Å². The van der Waals surface area contributed by atoms with Gasteiger partial charge in [-0.25, -0.2) is 20.4 Å². The maximum absolute atomic E-state index is 9.92. The molecule has 1 aromatic heterocycles. The van der Waals surface area contributed by atoms with Crippen LogP contribution in [-0.2, 0) is 6.54 Å². The summed E-state index contributed by atoms with van der Waals surface area (Å²) >= 11 is 5.37. The lowest BCUT2D eigenvalue weighted by atomic mass is 10.8. The average molecular weight is 192 g/mol. The van der Waals surface area contributed by atoms with Gasteiger partial charge in [0.15, 0.2) is 5.62 Å². The SMILES string of the molecule is O=[N+]([O-])/N=c1\[n-]nnn1CCCl. The number of nitro groups is 1. The zero-order valence-electron chi connectivity index (χ0n) is 5.79. The van der Waals surface area contributed by atoms with Crippen molar-refractivity contribution in [2.75, 3.05) is 5.88 Å². The highest BCUT2D eigenvalue weighted by Gasteiger charge is 1.90. The summed E-state index contributed by atoms with van der Waals surface area (Å²) in [5, 5.41) is 21.9. The van der Waals surface area contributed by atoms with Crippen LogP contribution in [0.4, 0.5) is 0 Å². The van der Waals surface area contributed by atoms with E-state index in [0.717, 1.165) is 4.68 Å². The number of tetrazole rings is 1. The van der Waals surface area contributed by atoms with E-state index >= 15 is 0 Å². The molecule has 12 heavy (non-hydrogen) atoms. The molecule has 0 N–H and O–H groups in total. The van der Waals surface area contributed by atoms with Crippen LogP contribution in [0.1, 0.15) is 0 Å². The molecule has 1 heterocycles. The van der Waals surface area contributed by atoms with Crippen LogP contribution in [0.2, 0.25) is 0 Å². The Morgan fingerprint density at radius 2 is 2.58 bits per heavy atom. The molecule has 0 aromatic carbocycles. The van der Waals surface area contributed by atoms with Crippen LogP contribution < -0.4 is 10.7 Å². The highest BCUT2D eigenvalue weighted by molar-refractivity contribution is 6.17. The van der Waals surface area contributed by atoms with Crippen LogP contribution in [0, 0.1) is 10.1 Å². The van der Waals surface area contributed by atoms with Crippen LogP contribution >= 0.6 is 11.6 Å². The van der Waals surface area contributed by atoms with Gasteiger partial charge in [-0.05, 0) is 5.10 Å². The summed E-state index contributed by atoms with van der Waals surface area (Å²) in [5.74, 6) is 0.269. The predicted molar refractivity (Wildman–Crippen MR) is 36.6 cm³/mol. The number of hydrogen-bond acceptors (Lipinski definition) is 4. The first kappa shape index (κ1) is 8.65. The highest BCUT2D eigenvalue weighted by atomic mass is 35.5. The smallest absolute Gasteiger partial charge is 0.170 e. The Kier molecular flexibility index (Phi) is 2.75. The van der Waals surface area contributed by atoms with Crippen molar-refractivity contribution < 1.29 is 5.03 Å². The van der Waals surface area contributed by atoms with Gasteiger partial charge in [-0.3, -0.25) is 0 Å². The molecule has 0 aliphatic heterocycles. The standard InChI is InChI=1S/C3H4ClN6O2/c4-1-2-9-3(5-7-8-9)6-10(11)12/h1-2H2/q-1. The molecule has 1 rings (SSSR count). The summed E-state index contributed by atoms with van der Waals surface area (Å²) in [6.07, 6.45) is 0. The molecule has 0 fully saturated rings. The number of rotatable bonds is 3. The molecule has 0 aliphatic rings. The molecular weight excluding hydrogens is 188 g/mol. The maximum Gasteiger partial charge on any atom is 0.170 e. The topological polar surface area (TPSA) is 100 Å². The first-order chi connectivity index (χ1) is 5.74. The Balaban J connectivity index is 2.98. The fraction of sp³-hybridized carbons (Fsp3) is 0.667. The Morgan fingerprint density at radius 1 is 1.83 bits per heavy atom. The van der Waals surface area contributed by atoms with Crippen LogP contribution in [0.25, 0.3) is 0 Å². The Labute approximate surface area is 71.0 Å². The van der Waals surface area contributed by atoms with Gasteiger partial charge in [0.05, 0.1) is 0 Å². The lowest BCUT2D eigenvalue weighted by molar-refractivity contribution is -0.491. The maximum atomic E-state index is 9.92. The van der Waals surface area contributed by atoms with Gasteiger partial charge >= 0.3 is 0 Å². The van der Waals surface area contributed by atoms with Gasteiger partial charge in [0.25, 0.3) is 0 Å². The number of aromatic nitrogens is 4. The van der Waals surface area contributed by atoms with Gasteiger partial charge in [-0.15, -0.1) is 16.8 Å². The molecule has 0 bridgehead atoms. The summed E-state index contributed by atoms with van der Waals surface area (Å²) in [6, 6.07) is 0. The summed E-state index contributed by atoms with van der Waals surface area (Å²) in [4.78, 5) is 9.92. The first-order valence-corrected chi connectivity index (χ1v) is 3.45. The minimum absolute atomic E-state index is 0.152. The van der Waals surface area contributed by atoms with E-state index in [1.54, 1.807) is 0 Å². The average Bonchev–Trinajstić information content (AvgIpc) is 2.37. The second-order valence-electron chi connectivity index (χ2n) is 1.73. The molecule has 0 saturated carbocycles. The molecule has 8 nitrogen and oxygen atoms in total. The summed E-state index contributed by atoms with van der Waals surface area (Å²) < 4.78 is 1.15. The molecule has 0 amide bonds. The number of hydrogen-bond donors (Lipinski definition) is 0. The molecule has 0 unspecified atom stereocenters. The third-order valence-electron chi connectivity index (χ3n) is 0.980. The van der Waals surface area contributed by atoms with Crippen LogP contribution in [0.15, 0.2) is 5.10 Å². The van der Waals surface area contributed by atoms with Crippen molar-refractivity contribution in [3.05, 3.63) is 15.7 Å². The monoisotopic (exact) mass is 191 g/mol. The van der Waals surface area contributed by atoms with Crippen LogP contribution in [0.3, 0.4) is 0 Å². The van der Waals surface area contributed by atoms with E-state index in [9.17, 15) is 10.1 Å². The molecule has 0 aliphatic carbocycles. The second-order valence-corrected chi connectivity index (χ2v) is 2.11. The van der Waals surface area contributed by atoms with E-state index in [2.05, 4.69) is 20.6 Å². The van der Waals surface area contributed by atoms with Crippen molar-refractivity contribution >= 4 is 11.6 Å². The molecule has 66 valence electrons. The van der Waals surface area contributed by atoms with E-state index in [1.165, 1.54) is 0 Å². The molecule has 1 aromatic rings. The zero-order valence-corrected chi connectivity index (χ0v) is 6.55. The Bertz CT molecular complexity index is 328. The quantitative estimate of drug-likeness (QED) is 0.331. The fourth-order valence-electron chi connectivity index (χ4n) is 0.569. The number of halogens is 1. The number of nitrogens with zero attached hydrogens (tertiary/aromatic N) is 6. The number of aryl methyl sites for hydroxylation is 1. The lowest BCUT2D eigenvalue weighted by Gasteiger charge is -1.98. The predicted octanol–water partition coefficient (Wildman–Crippen LogP) is -1.43. The van der Waals surface area contributed by atoms with Gasteiger partial charge < -0.3 is 4.68 Å². The van der Waals surface area contributed by atoms with E-state index in [-0.39, 0.29) is 11.5 Å². The van der Waals surface area contributed by atoms with Gasteiger partial charge in [0.1, 0.15) is 5.03 Å². The molecule has 0 saturated heterocycles. The summed E-state index contributed by atoms with van der Waals surface area (Å²) in [5.41, 5.74) is -0.152.